The van der Waals surface area contributed by atoms with Crippen LogP contribution in [0, 0.1) is 0 Å². The number of rotatable bonds is 1. The Bertz CT molecular complexity index is 660. The topological polar surface area (TPSA) is 26.3 Å². The Labute approximate surface area is 118 Å². The average molecular weight is 264 g/mol. The Hall–Kier alpha value is -2.09. The molecule has 2 aromatic rings. The van der Waals surface area contributed by atoms with Crippen molar-refractivity contribution in [3.8, 4) is 5.75 Å². The summed E-state index contributed by atoms with van der Waals surface area (Å²) in [6.45, 7) is 0. The molecule has 4 rings (SSSR count). The second kappa shape index (κ2) is 4.48. The van der Waals surface area contributed by atoms with Gasteiger partial charge in [-0.2, -0.15) is 0 Å². The van der Waals surface area contributed by atoms with E-state index in [2.05, 4.69) is 18.2 Å². The van der Waals surface area contributed by atoms with E-state index in [1.165, 1.54) is 16.7 Å². The molecule has 2 aliphatic rings. The molecule has 0 unspecified atom stereocenters. The Morgan fingerprint density at radius 2 is 1.80 bits per heavy atom. The number of hydrogen-bond donors (Lipinski definition) is 0. The molecule has 0 fully saturated rings. The molecule has 0 bridgehead atoms. The quantitative estimate of drug-likeness (QED) is 0.578. The van der Waals surface area contributed by atoms with Gasteiger partial charge in [-0.05, 0) is 36.0 Å². The molecular formula is C18H16O2. The molecule has 0 radical (unpaired) electrons. The molecule has 0 spiro atoms. The summed E-state index contributed by atoms with van der Waals surface area (Å²) in [5.74, 6) is 1.33. The SMILES string of the molecule is O=C1C[C@H](c2ccccc2)[C@H]2CCc3cccc(c32)O1. The van der Waals surface area contributed by atoms with Crippen LogP contribution in [-0.4, -0.2) is 5.97 Å². The lowest BCUT2D eigenvalue weighted by Gasteiger charge is -2.21. The predicted molar refractivity (Wildman–Crippen MR) is 76.9 cm³/mol. The van der Waals surface area contributed by atoms with Crippen LogP contribution in [-0.2, 0) is 11.2 Å². The molecular weight excluding hydrogens is 248 g/mol. The first-order valence-electron chi connectivity index (χ1n) is 7.20. The van der Waals surface area contributed by atoms with E-state index in [1.54, 1.807) is 0 Å². The van der Waals surface area contributed by atoms with E-state index in [1.807, 2.05) is 30.3 Å². The lowest BCUT2D eigenvalue weighted by molar-refractivity contribution is -0.134. The average Bonchev–Trinajstić information content (AvgIpc) is 2.84. The van der Waals surface area contributed by atoms with Gasteiger partial charge in [0.1, 0.15) is 5.75 Å². The molecule has 2 aromatic carbocycles. The van der Waals surface area contributed by atoms with Crippen LogP contribution in [0.3, 0.4) is 0 Å². The van der Waals surface area contributed by atoms with Gasteiger partial charge < -0.3 is 4.74 Å². The number of aryl methyl sites for hydroxylation is 1. The van der Waals surface area contributed by atoms with Crippen LogP contribution in [0.25, 0.3) is 0 Å². The van der Waals surface area contributed by atoms with Crippen LogP contribution < -0.4 is 4.74 Å². The van der Waals surface area contributed by atoms with Crippen molar-refractivity contribution in [2.75, 3.05) is 0 Å². The van der Waals surface area contributed by atoms with Gasteiger partial charge in [-0.3, -0.25) is 4.79 Å². The Kier molecular flexibility index (Phi) is 2.62. The van der Waals surface area contributed by atoms with Crippen molar-refractivity contribution in [3.05, 3.63) is 65.2 Å². The molecule has 0 amide bonds. The Morgan fingerprint density at radius 1 is 0.950 bits per heavy atom. The smallest absolute Gasteiger partial charge is 0.311 e. The monoisotopic (exact) mass is 264 g/mol. The van der Waals surface area contributed by atoms with Gasteiger partial charge in [0, 0.05) is 11.5 Å². The normalized spacial score (nSPS) is 23.9. The van der Waals surface area contributed by atoms with Crippen LogP contribution in [0.15, 0.2) is 48.5 Å². The highest BCUT2D eigenvalue weighted by atomic mass is 16.5. The highest BCUT2D eigenvalue weighted by molar-refractivity contribution is 5.76. The molecule has 2 heteroatoms. The Morgan fingerprint density at radius 3 is 2.65 bits per heavy atom. The third-order valence-electron chi connectivity index (χ3n) is 4.58. The minimum Gasteiger partial charge on any atom is -0.426 e. The van der Waals surface area contributed by atoms with Crippen LogP contribution >= 0.6 is 0 Å². The van der Waals surface area contributed by atoms with Gasteiger partial charge in [0.25, 0.3) is 0 Å². The molecule has 0 aromatic heterocycles. The molecule has 0 N–H and O–H groups in total. The Balaban J connectivity index is 1.86. The maximum atomic E-state index is 12.1. The van der Waals surface area contributed by atoms with Gasteiger partial charge in [-0.15, -0.1) is 0 Å². The van der Waals surface area contributed by atoms with E-state index in [9.17, 15) is 4.79 Å². The standard InChI is InChI=1S/C18H16O2/c19-17-11-15(12-5-2-1-3-6-12)14-10-9-13-7-4-8-16(20-17)18(13)14/h1-8,14-15H,9-11H2/t14-,15-/m1/s1. The first kappa shape index (κ1) is 11.7. The first-order valence-corrected chi connectivity index (χ1v) is 7.20. The summed E-state index contributed by atoms with van der Waals surface area (Å²) in [4.78, 5) is 12.1. The predicted octanol–water partition coefficient (Wildman–Crippen LogP) is 3.81. The minimum atomic E-state index is -0.110. The van der Waals surface area contributed by atoms with E-state index >= 15 is 0 Å². The summed E-state index contributed by atoms with van der Waals surface area (Å²) in [7, 11) is 0. The third kappa shape index (κ3) is 1.75. The van der Waals surface area contributed by atoms with Crippen LogP contribution in [0.1, 0.15) is 41.4 Å². The van der Waals surface area contributed by atoms with Gasteiger partial charge in [0.15, 0.2) is 0 Å². The van der Waals surface area contributed by atoms with Crippen LogP contribution in [0.2, 0.25) is 0 Å². The minimum absolute atomic E-state index is 0.110. The van der Waals surface area contributed by atoms with Gasteiger partial charge in [-0.1, -0.05) is 42.5 Å². The van der Waals surface area contributed by atoms with E-state index in [0.29, 0.717) is 12.3 Å². The maximum absolute atomic E-state index is 12.1. The second-order valence-corrected chi connectivity index (χ2v) is 5.67. The molecule has 0 saturated heterocycles. The van der Waals surface area contributed by atoms with E-state index in [-0.39, 0.29) is 11.9 Å². The fourth-order valence-electron chi connectivity index (χ4n) is 3.71. The number of carbonyl (C=O) groups is 1. The van der Waals surface area contributed by atoms with Crippen molar-refractivity contribution in [1.29, 1.82) is 0 Å². The molecule has 1 aliphatic carbocycles. The largest absolute Gasteiger partial charge is 0.426 e. The summed E-state index contributed by atoms with van der Waals surface area (Å²) in [6.07, 6.45) is 2.68. The molecule has 2 atom stereocenters. The summed E-state index contributed by atoms with van der Waals surface area (Å²) < 4.78 is 5.56. The summed E-state index contributed by atoms with van der Waals surface area (Å²) in [6, 6.07) is 16.5. The van der Waals surface area contributed by atoms with Gasteiger partial charge in [-0.25, -0.2) is 0 Å². The van der Waals surface area contributed by atoms with Crippen LogP contribution in [0.5, 0.6) is 5.75 Å². The lowest BCUT2D eigenvalue weighted by atomic mass is 9.80. The number of hydrogen-bond acceptors (Lipinski definition) is 2. The molecule has 2 nitrogen and oxygen atoms in total. The highest BCUT2D eigenvalue weighted by Gasteiger charge is 2.37. The number of carbonyl (C=O) groups excluding carboxylic acids is 1. The van der Waals surface area contributed by atoms with Gasteiger partial charge in [0.2, 0.25) is 0 Å². The third-order valence-corrected chi connectivity index (χ3v) is 4.58. The molecule has 100 valence electrons. The highest BCUT2D eigenvalue weighted by Crippen LogP contribution is 2.50. The van der Waals surface area contributed by atoms with Gasteiger partial charge in [0.05, 0.1) is 6.42 Å². The first-order chi connectivity index (χ1) is 9.83. The fourth-order valence-corrected chi connectivity index (χ4v) is 3.71. The number of esters is 1. The van der Waals surface area contributed by atoms with Crippen molar-refractivity contribution in [1.82, 2.24) is 0 Å². The fraction of sp³-hybridized carbons (Fsp3) is 0.278. The summed E-state index contributed by atoms with van der Waals surface area (Å²) >= 11 is 0. The molecule has 1 aliphatic heterocycles. The molecule has 1 heterocycles. The zero-order valence-corrected chi connectivity index (χ0v) is 11.2. The van der Waals surface area contributed by atoms with Crippen LogP contribution in [0.4, 0.5) is 0 Å². The maximum Gasteiger partial charge on any atom is 0.311 e. The van der Waals surface area contributed by atoms with Crippen molar-refractivity contribution in [2.24, 2.45) is 0 Å². The zero-order chi connectivity index (χ0) is 13.5. The molecule has 0 saturated carbocycles. The van der Waals surface area contributed by atoms with E-state index in [0.717, 1.165) is 18.6 Å². The summed E-state index contributed by atoms with van der Waals surface area (Å²) in [5.41, 5.74) is 3.87. The van der Waals surface area contributed by atoms with E-state index < -0.39 is 0 Å². The number of benzene rings is 2. The summed E-state index contributed by atoms with van der Waals surface area (Å²) in [5, 5.41) is 0. The van der Waals surface area contributed by atoms with Crippen molar-refractivity contribution < 1.29 is 9.53 Å². The number of ether oxygens (including phenoxy) is 1. The molecule has 20 heavy (non-hydrogen) atoms. The second-order valence-electron chi connectivity index (χ2n) is 5.67. The zero-order valence-electron chi connectivity index (χ0n) is 11.2. The van der Waals surface area contributed by atoms with E-state index in [4.69, 9.17) is 4.74 Å². The lowest BCUT2D eigenvalue weighted by Crippen LogP contribution is -2.13. The van der Waals surface area contributed by atoms with Crippen molar-refractivity contribution in [2.45, 2.75) is 31.1 Å². The van der Waals surface area contributed by atoms with Gasteiger partial charge >= 0.3 is 5.97 Å². The van der Waals surface area contributed by atoms with Crippen molar-refractivity contribution in [3.63, 3.8) is 0 Å². The van der Waals surface area contributed by atoms with Crippen molar-refractivity contribution >= 4 is 5.97 Å².